The molecule has 1 aromatic heterocycles. The zero-order valence-corrected chi connectivity index (χ0v) is 10.3. The van der Waals surface area contributed by atoms with Gasteiger partial charge in [0.15, 0.2) is 5.15 Å². The molecule has 90 valence electrons. The highest BCUT2D eigenvalue weighted by Crippen LogP contribution is 2.13. The summed E-state index contributed by atoms with van der Waals surface area (Å²) in [5.41, 5.74) is 1.51. The molecule has 0 saturated heterocycles. The van der Waals surface area contributed by atoms with Crippen LogP contribution in [0.3, 0.4) is 0 Å². The second-order valence-electron chi connectivity index (χ2n) is 3.62. The van der Waals surface area contributed by atoms with Crippen molar-refractivity contribution >= 4 is 23.2 Å². The lowest BCUT2D eigenvalue weighted by Gasteiger charge is -2.04. The molecule has 0 saturated carbocycles. The van der Waals surface area contributed by atoms with Crippen molar-refractivity contribution in [3.05, 3.63) is 46.7 Å². The number of aromatic nitrogens is 2. The highest BCUT2D eigenvalue weighted by molar-refractivity contribution is 6.29. The lowest BCUT2D eigenvalue weighted by molar-refractivity contribution is 0.101. The molecule has 2 rings (SSSR count). The topological polar surface area (TPSA) is 70.7 Å². The van der Waals surface area contributed by atoms with Gasteiger partial charge in [0.2, 0.25) is 0 Å². The SMILES string of the molecule is Cn1nc(Cl)cc1C(=O)Nc1ccc(C#N)cc1. The molecule has 6 heteroatoms. The molecule has 1 amide bonds. The number of halogens is 1. The number of nitrogens with one attached hydrogen (secondary N) is 1. The molecular formula is C12H9ClN4O. The first kappa shape index (κ1) is 12.1. The lowest BCUT2D eigenvalue weighted by atomic mass is 10.2. The molecular weight excluding hydrogens is 252 g/mol. The van der Waals surface area contributed by atoms with Crippen molar-refractivity contribution in [2.45, 2.75) is 0 Å². The number of benzene rings is 1. The predicted octanol–water partition coefficient (Wildman–Crippen LogP) is 2.20. The summed E-state index contributed by atoms with van der Waals surface area (Å²) in [6.45, 7) is 0. The zero-order valence-electron chi connectivity index (χ0n) is 9.51. The Bertz CT molecular complexity index is 625. The number of rotatable bonds is 2. The molecule has 0 radical (unpaired) electrons. The first-order valence-electron chi connectivity index (χ1n) is 5.11. The Morgan fingerprint density at radius 2 is 2.11 bits per heavy atom. The van der Waals surface area contributed by atoms with Crippen molar-refractivity contribution in [2.24, 2.45) is 7.05 Å². The van der Waals surface area contributed by atoms with E-state index in [1.165, 1.54) is 10.7 Å². The molecule has 0 spiro atoms. The minimum Gasteiger partial charge on any atom is -0.321 e. The summed E-state index contributed by atoms with van der Waals surface area (Å²) >= 11 is 5.70. The van der Waals surface area contributed by atoms with E-state index in [4.69, 9.17) is 16.9 Å². The molecule has 2 aromatic rings. The molecule has 0 aliphatic rings. The summed E-state index contributed by atoms with van der Waals surface area (Å²) in [5, 5.41) is 15.5. The summed E-state index contributed by atoms with van der Waals surface area (Å²) in [6.07, 6.45) is 0. The fraction of sp³-hybridized carbons (Fsp3) is 0.0833. The number of nitriles is 1. The van der Waals surface area contributed by atoms with Crippen molar-refractivity contribution in [3.63, 3.8) is 0 Å². The fourth-order valence-electron chi connectivity index (χ4n) is 1.47. The number of anilines is 1. The van der Waals surface area contributed by atoms with Gasteiger partial charge in [-0.05, 0) is 24.3 Å². The third-order valence-electron chi connectivity index (χ3n) is 2.35. The molecule has 1 N–H and O–H groups in total. The van der Waals surface area contributed by atoms with Crippen molar-refractivity contribution in [1.82, 2.24) is 9.78 Å². The Morgan fingerprint density at radius 1 is 1.44 bits per heavy atom. The number of amides is 1. The number of nitrogens with zero attached hydrogens (tertiary/aromatic N) is 3. The summed E-state index contributed by atoms with van der Waals surface area (Å²) < 4.78 is 1.40. The van der Waals surface area contributed by atoms with Crippen LogP contribution < -0.4 is 5.32 Å². The Morgan fingerprint density at radius 3 is 2.61 bits per heavy atom. The van der Waals surface area contributed by atoms with E-state index in [2.05, 4.69) is 10.4 Å². The Balaban J connectivity index is 2.16. The highest BCUT2D eigenvalue weighted by Gasteiger charge is 2.12. The normalized spacial score (nSPS) is 9.83. The van der Waals surface area contributed by atoms with E-state index in [-0.39, 0.29) is 11.1 Å². The molecule has 18 heavy (non-hydrogen) atoms. The van der Waals surface area contributed by atoms with Gasteiger partial charge in [-0.3, -0.25) is 9.48 Å². The number of carbonyl (C=O) groups is 1. The third kappa shape index (κ3) is 2.50. The second kappa shape index (κ2) is 4.90. The first-order chi connectivity index (χ1) is 8.60. The summed E-state index contributed by atoms with van der Waals surface area (Å²) in [7, 11) is 1.64. The van der Waals surface area contributed by atoms with Gasteiger partial charge in [0.1, 0.15) is 5.69 Å². The quantitative estimate of drug-likeness (QED) is 0.900. The first-order valence-corrected chi connectivity index (χ1v) is 5.49. The van der Waals surface area contributed by atoms with Crippen molar-refractivity contribution in [1.29, 1.82) is 5.26 Å². The fourth-order valence-corrected chi connectivity index (χ4v) is 1.68. The zero-order chi connectivity index (χ0) is 13.1. The standard InChI is InChI=1S/C12H9ClN4O/c1-17-10(6-11(13)16-17)12(18)15-9-4-2-8(7-14)3-5-9/h2-6H,1H3,(H,15,18). The Labute approximate surface area is 109 Å². The molecule has 0 bridgehead atoms. The maximum absolute atomic E-state index is 11.9. The van der Waals surface area contributed by atoms with Crippen LogP contribution in [-0.2, 0) is 7.05 Å². The molecule has 0 atom stereocenters. The van der Waals surface area contributed by atoms with Crippen molar-refractivity contribution in [2.75, 3.05) is 5.32 Å². The summed E-state index contributed by atoms with van der Waals surface area (Å²) in [6, 6.07) is 10.1. The van der Waals surface area contributed by atoms with E-state index >= 15 is 0 Å². The van der Waals surface area contributed by atoms with Gasteiger partial charge in [-0.25, -0.2) is 0 Å². The summed E-state index contributed by atoms with van der Waals surface area (Å²) in [4.78, 5) is 11.9. The van der Waals surface area contributed by atoms with Gasteiger partial charge >= 0.3 is 0 Å². The molecule has 0 aliphatic heterocycles. The van der Waals surface area contributed by atoms with Crippen LogP contribution in [0.15, 0.2) is 30.3 Å². The van der Waals surface area contributed by atoms with E-state index in [0.29, 0.717) is 16.9 Å². The number of hydrogen-bond acceptors (Lipinski definition) is 3. The van der Waals surface area contributed by atoms with Gasteiger partial charge < -0.3 is 5.32 Å². The maximum atomic E-state index is 11.9. The van der Waals surface area contributed by atoms with Crippen LogP contribution in [0.4, 0.5) is 5.69 Å². The van der Waals surface area contributed by atoms with Gasteiger partial charge in [0.25, 0.3) is 5.91 Å². The molecule has 5 nitrogen and oxygen atoms in total. The average molecular weight is 261 g/mol. The van der Waals surface area contributed by atoms with Crippen LogP contribution in [0.25, 0.3) is 0 Å². The number of aryl methyl sites for hydroxylation is 1. The van der Waals surface area contributed by atoms with Crippen molar-refractivity contribution < 1.29 is 4.79 Å². The van der Waals surface area contributed by atoms with Crippen LogP contribution in [0.5, 0.6) is 0 Å². The van der Waals surface area contributed by atoms with E-state index < -0.39 is 0 Å². The van der Waals surface area contributed by atoms with Crippen LogP contribution in [0.1, 0.15) is 16.1 Å². The molecule has 1 heterocycles. The van der Waals surface area contributed by atoms with E-state index in [1.807, 2.05) is 6.07 Å². The Hall–Kier alpha value is -2.32. The average Bonchev–Trinajstić information content (AvgIpc) is 2.69. The minimum atomic E-state index is -0.304. The largest absolute Gasteiger partial charge is 0.321 e. The lowest BCUT2D eigenvalue weighted by Crippen LogP contribution is -2.15. The second-order valence-corrected chi connectivity index (χ2v) is 4.01. The minimum absolute atomic E-state index is 0.266. The smallest absolute Gasteiger partial charge is 0.273 e. The predicted molar refractivity (Wildman–Crippen MR) is 67.3 cm³/mol. The van der Waals surface area contributed by atoms with E-state index in [9.17, 15) is 4.79 Å². The number of carbonyl (C=O) groups excluding carboxylic acids is 1. The molecule has 1 aromatic carbocycles. The van der Waals surface area contributed by atoms with Gasteiger partial charge in [-0.2, -0.15) is 10.4 Å². The van der Waals surface area contributed by atoms with Gasteiger partial charge in [0, 0.05) is 18.8 Å². The third-order valence-corrected chi connectivity index (χ3v) is 2.54. The van der Waals surface area contributed by atoms with Crippen LogP contribution in [0, 0.1) is 11.3 Å². The van der Waals surface area contributed by atoms with Gasteiger partial charge in [0.05, 0.1) is 11.6 Å². The van der Waals surface area contributed by atoms with Gasteiger partial charge in [-0.15, -0.1) is 0 Å². The monoisotopic (exact) mass is 260 g/mol. The molecule has 0 aliphatic carbocycles. The van der Waals surface area contributed by atoms with E-state index in [0.717, 1.165) is 0 Å². The van der Waals surface area contributed by atoms with Gasteiger partial charge in [-0.1, -0.05) is 11.6 Å². The molecule has 0 fully saturated rings. The molecule has 0 unspecified atom stereocenters. The number of hydrogen-bond donors (Lipinski definition) is 1. The van der Waals surface area contributed by atoms with Crippen LogP contribution in [-0.4, -0.2) is 15.7 Å². The summed E-state index contributed by atoms with van der Waals surface area (Å²) in [5.74, 6) is -0.304. The van der Waals surface area contributed by atoms with Crippen LogP contribution in [0.2, 0.25) is 5.15 Å². The Kier molecular flexibility index (Phi) is 3.31. The van der Waals surface area contributed by atoms with Crippen molar-refractivity contribution in [3.8, 4) is 6.07 Å². The van der Waals surface area contributed by atoms with Crippen LogP contribution >= 0.6 is 11.6 Å². The maximum Gasteiger partial charge on any atom is 0.273 e. The van der Waals surface area contributed by atoms with E-state index in [1.54, 1.807) is 31.3 Å². The highest BCUT2D eigenvalue weighted by atomic mass is 35.5.